The summed E-state index contributed by atoms with van der Waals surface area (Å²) in [5.74, 6) is -0.867. The number of amides is 1. The molecule has 2 aromatic rings. The molecule has 0 spiro atoms. The summed E-state index contributed by atoms with van der Waals surface area (Å²) in [6.07, 6.45) is 1.72. The molecule has 4 rings (SSSR count). The van der Waals surface area contributed by atoms with Crippen molar-refractivity contribution in [2.24, 2.45) is 0 Å². The number of anilines is 2. The number of benzene rings is 2. The Kier molecular flexibility index (Phi) is 4.87. The summed E-state index contributed by atoms with van der Waals surface area (Å²) < 4.78 is 19.4. The summed E-state index contributed by atoms with van der Waals surface area (Å²) in [5.41, 5.74) is 2.45. The second-order valence-corrected chi connectivity index (χ2v) is 6.66. The topological polar surface area (TPSA) is 44.8 Å². The van der Waals surface area contributed by atoms with Gasteiger partial charge in [0.2, 0.25) is 0 Å². The second-order valence-electron chi connectivity index (χ2n) is 6.27. The summed E-state index contributed by atoms with van der Waals surface area (Å²) >= 11 is 5.23. The number of carbonyl (C=O) groups is 1. The van der Waals surface area contributed by atoms with E-state index < -0.39 is 5.82 Å². The Hall–Kier alpha value is -2.77. The fourth-order valence-corrected chi connectivity index (χ4v) is 3.45. The highest BCUT2D eigenvalue weighted by atomic mass is 32.1. The monoisotopic (exact) mass is 383 g/mol. The minimum atomic E-state index is -0.494. The van der Waals surface area contributed by atoms with Crippen molar-refractivity contribution in [3.8, 4) is 0 Å². The van der Waals surface area contributed by atoms with Crippen molar-refractivity contribution in [1.29, 1.82) is 0 Å². The molecule has 2 saturated heterocycles. The van der Waals surface area contributed by atoms with Gasteiger partial charge in [-0.2, -0.15) is 0 Å². The van der Waals surface area contributed by atoms with E-state index in [0.717, 1.165) is 37.6 Å². The lowest BCUT2D eigenvalue weighted by Crippen LogP contribution is -2.36. The van der Waals surface area contributed by atoms with E-state index in [1.807, 2.05) is 24.3 Å². The third-order valence-corrected chi connectivity index (χ3v) is 4.84. The zero-order valence-corrected chi connectivity index (χ0v) is 15.3. The van der Waals surface area contributed by atoms with Crippen molar-refractivity contribution in [2.75, 3.05) is 36.1 Å². The molecule has 2 heterocycles. The molecule has 2 fully saturated rings. The Balaban J connectivity index is 1.55. The normalized spacial score (nSPS) is 18.9. The highest BCUT2D eigenvalue weighted by Crippen LogP contribution is 2.25. The Morgan fingerprint density at radius 1 is 1.07 bits per heavy atom. The van der Waals surface area contributed by atoms with Gasteiger partial charge in [0.05, 0.1) is 18.9 Å². The van der Waals surface area contributed by atoms with Crippen molar-refractivity contribution < 1.29 is 13.9 Å². The second kappa shape index (κ2) is 7.46. The molecule has 138 valence electrons. The predicted octanol–water partition coefficient (Wildman–Crippen LogP) is 2.92. The number of hydrogen-bond donors (Lipinski definition) is 1. The first-order valence-corrected chi connectivity index (χ1v) is 9.09. The third-order valence-electron chi connectivity index (χ3n) is 4.55. The van der Waals surface area contributed by atoms with Gasteiger partial charge in [0.15, 0.2) is 5.11 Å². The predicted molar refractivity (Wildman–Crippen MR) is 107 cm³/mol. The molecule has 7 heteroatoms. The Morgan fingerprint density at radius 2 is 1.78 bits per heavy atom. The van der Waals surface area contributed by atoms with Crippen molar-refractivity contribution in [3.05, 3.63) is 65.6 Å². The Morgan fingerprint density at radius 3 is 2.48 bits per heavy atom. The molecular formula is C20H18FN3O2S. The zero-order valence-electron chi connectivity index (χ0n) is 14.5. The number of rotatable bonds is 3. The summed E-state index contributed by atoms with van der Waals surface area (Å²) in [5, 5.41) is 3.05. The van der Waals surface area contributed by atoms with Gasteiger partial charge in [-0.25, -0.2) is 9.29 Å². The van der Waals surface area contributed by atoms with E-state index in [1.165, 1.54) is 17.0 Å². The van der Waals surface area contributed by atoms with Crippen LogP contribution in [0.15, 0.2) is 54.2 Å². The van der Waals surface area contributed by atoms with Crippen LogP contribution in [0, 0.1) is 5.82 Å². The number of hydrogen-bond acceptors (Lipinski definition) is 4. The van der Waals surface area contributed by atoms with E-state index in [9.17, 15) is 9.18 Å². The molecular weight excluding hydrogens is 365 g/mol. The van der Waals surface area contributed by atoms with Crippen LogP contribution in [0.4, 0.5) is 15.8 Å². The number of halogens is 1. The number of morpholine rings is 1. The summed E-state index contributed by atoms with van der Waals surface area (Å²) in [6.45, 7) is 3.19. The number of nitrogens with one attached hydrogen (secondary N) is 1. The average Bonchev–Trinajstić information content (AvgIpc) is 2.97. The van der Waals surface area contributed by atoms with Crippen molar-refractivity contribution >= 4 is 40.7 Å². The van der Waals surface area contributed by atoms with Crippen LogP contribution in [-0.2, 0) is 9.53 Å². The number of ether oxygens (including phenoxy) is 1. The van der Waals surface area contributed by atoms with Crippen molar-refractivity contribution in [1.82, 2.24) is 5.32 Å². The van der Waals surface area contributed by atoms with Gasteiger partial charge in [-0.05, 0) is 48.1 Å². The fourth-order valence-electron chi connectivity index (χ4n) is 3.16. The van der Waals surface area contributed by atoms with Crippen LogP contribution in [0.3, 0.4) is 0 Å². The van der Waals surface area contributed by atoms with Gasteiger partial charge in [-0.15, -0.1) is 0 Å². The maximum absolute atomic E-state index is 14.0. The van der Waals surface area contributed by atoms with Crippen LogP contribution in [0.25, 0.3) is 6.08 Å². The molecule has 1 N–H and O–H groups in total. The molecule has 0 aliphatic carbocycles. The highest BCUT2D eigenvalue weighted by Gasteiger charge is 2.33. The molecule has 2 aliphatic heterocycles. The van der Waals surface area contributed by atoms with Gasteiger partial charge in [0, 0.05) is 18.8 Å². The molecule has 0 aromatic heterocycles. The maximum Gasteiger partial charge on any atom is 0.281 e. The SMILES string of the molecule is O=C1/C(=C\c2ccc(N3CCOCC3)cc2)NC(=S)N1c1ccccc1F. The smallest absolute Gasteiger partial charge is 0.281 e. The van der Waals surface area contributed by atoms with Gasteiger partial charge >= 0.3 is 0 Å². The van der Waals surface area contributed by atoms with Crippen molar-refractivity contribution in [2.45, 2.75) is 0 Å². The lowest BCUT2D eigenvalue weighted by molar-refractivity contribution is -0.113. The van der Waals surface area contributed by atoms with Crippen LogP contribution in [0.2, 0.25) is 0 Å². The molecule has 1 amide bonds. The molecule has 5 nitrogen and oxygen atoms in total. The van der Waals surface area contributed by atoms with Gasteiger partial charge in [-0.3, -0.25) is 4.79 Å². The molecule has 0 bridgehead atoms. The van der Waals surface area contributed by atoms with E-state index in [2.05, 4.69) is 10.2 Å². The van der Waals surface area contributed by atoms with E-state index in [0.29, 0.717) is 5.70 Å². The van der Waals surface area contributed by atoms with Crippen LogP contribution in [-0.4, -0.2) is 37.3 Å². The number of thiocarbonyl (C=S) groups is 1. The van der Waals surface area contributed by atoms with E-state index >= 15 is 0 Å². The van der Waals surface area contributed by atoms with Crippen LogP contribution < -0.4 is 15.1 Å². The van der Waals surface area contributed by atoms with E-state index in [1.54, 1.807) is 18.2 Å². The molecule has 0 unspecified atom stereocenters. The lowest BCUT2D eigenvalue weighted by Gasteiger charge is -2.28. The molecule has 0 saturated carbocycles. The Bertz CT molecular complexity index is 908. The van der Waals surface area contributed by atoms with Gasteiger partial charge in [-0.1, -0.05) is 24.3 Å². The standard InChI is InChI=1S/C20H18FN3O2S/c21-16-3-1-2-4-18(16)24-19(25)17(22-20(24)27)13-14-5-7-15(8-6-14)23-9-11-26-12-10-23/h1-8,13H,9-12H2,(H,22,27)/b17-13+. The third kappa shape index (κ3) is 3.56. The first-order valence-electron chi connectivity index (χ1n) is 8.68. The minimum absolute atomic E-state index is 0.145. The Labute approximate surface area is 162 Å². The summed E-state index contributed by atoms with van der Waals surface area (Å²) in [7, 11) is 0. The van der Waals surface area contributed by atoms with Gasteiger partial charge in [0.25, 0.3) is 5.91 Å². The number of carbonyl (C=O) groups excluding carboxylic acids is 1. The first kappa shape index (κ1) is 17.6. The summed E-state index contributed by atoms with van der Waals surface area (Å²) in [6, 6.07) is 14.0. The molecule has 2 aliphatic rings. The minimum Gasteiger partial charge on any atom is -0.378 e. The van der Waals surface area contributed by atoms with Crippen molar-refractivity contribution in [3.63, 3.8) is 0 Å². The first-order chi connectivity index (χ1) is 13.1. The zero-order chi connectivity index (χ0) is 18.8. The lowest BCUT2D eigenvalue weighted by atomic mass is 10.1. The van der Waals surface area contributed by atoms with Crippen LogP contribution >= 0.6 is 12.2 Å². The molecule has 0 radical (unpaired) electrons. The van der Waals surface area contributed by atoms with Crippen LogP contribution in [0.5, 0.6) is 0 Å². The number of para-hydroxylation sites is 1. The quantitative estimate of drug-likeness (QED) is 0.652. The molecule has 27 heavy (non-hydrogen) atoms. The molecule has 0 atom stereocenters. The largest absolute Gasteiger partial charge is 0.378 e. The summed E-state index contributed by atoms with van der Waals surface area (Å²) in [4.78, 5) is 16.1. The highest BCUT2D eigenvalue weighted by molar-refractivity contribution is 7.80. The van der Waals surface area contributed by atoms with Gasteiger partial charge in [0.1, 0.15) is 11.5 Å². The van der Waals surface area contributed by atoms with Crippen LogP contribution in [0.1, 0.15) is 5.56 Å². The number of nitrogens with zero attached hydrogens (tertiary/aromatic N) is 2. The average molecular weight is 383 g/mol. The molecule has 2 aromatic carbocycles. The maximum atomic E-state index is 14.0. The van der Waals surface area contributed by atoms with Gasteiger partial charge < -0.3 is 15.0 Å². The van der Waals surface area contributed by atoms with E-state index in [4.69, 9.17) is 17.0 Å². The van der Waals surface area contributed by atoms with E-state index in [-0.39, 0.29) is 16.7 Å². The fraction of sp³-hybridized carbons (Fsp3) is 0.200.